The van der Waals surface area contributed by atoms with Crippen molar-refractivity contribution in [2.45, 2.75) is 20.8 Å². The third kappa shape index (κ3) is 3.95. The van der Waals surface area contributed by atoms with Crippen LogP contribution in [0, 0.1) is 12.8 Å². The largest absolute Gasteiger partial charge is 0.370 e. The van der Waals surface area contributed by atoms with Gasteiger partial charge in [0.2, 0.25) is 5.95 Å². The van der Waals surface area contributed by atoms with Gasteiger partial charge in [-0.05, 0) is 30.5 Å². The van der Waals surface area contributed by atoms with E-state index >= 15 is 0 Å². The Balaban J connectivity index is 2.09. The van der Waals surface area contributed by atoms with Crippen molar-refractivity contribution in [2.75, 3.05) is 17.2 Å². The summed E-state index contributed by atoms with van der Waals surface area (Å²) >= 11 is 0. The first-order valence-electron chi connectivity index (χ1n) is 6.54. The molecule has 0 aliphatic heterocycles. The maximum absolute atomic E-state index is 4.45. The molecule has 0 amide bonds. The Kier molecular flexibility index (Phi) is 4.34. The van der Waals surface area contributed by atoms with Gasteiger partial charge in [-0.15, -0.1) is 0 Å². The second-order valence-electron chi connectivity index (χ2n) is 4.98. The Morgan fingerprint density at radius 3 is 2.68 bits per heavy atom. The van der Waals surface area contributed by atoms with Crippen LogP contribution in [0.5, 0.6) is 0 Å². The lowest BCUT2D eigenvalue weighted by molar-refractivity contribution is 0.687. The summed E-state index contributed by atoms with van der Waals surface area (Å²) in [6.07, 6.45) is 1.76. The second-order valence-corrected chi connectivity index (χ2v) is 4.98. The van der Waals surface area contributed by atoms with Crippen LogP contribution in [-0.2, 0) is 0 Å². The predicted octanol–water partition coefficient (Wildman–Crippen LogP) is 3.60. The first kappa shape index (κ1) is 13.3. The number of aromatic nitrogens is 2. The number of hydrogen-bond acceptors (Lipinski definition) is 4. The molecule has 0 radical (unpaired) electrons. The summed E-state index contributed by atoms with van der Waals surface area (Å²) in [6.45, 7) is 7.30. The smallest absolute Gasteiger partial charge is 0.229 e. The van der Waals surface area contributed by atoms with E-state index in [1.807, 2.05) is 24.3 Å². The maximum Gasteiger partial charge on any atom is 0.229 e. The van der Waals surface area contributed by atoms with Gasteiger partial charge in [-0.2, -0.15) is 4.98 Å². The Labute approximate surface area is 114 Å². The molecule has 0 spiro atoms. The van der Waals surface area contributed by atoms with Crippen LogP contribution in [0.1, 0.15) is 19.4 Å². The quantitative estimate of drug-likeness (QED) is 0.858. The highest BCUT2D eigenvalue weighted by molar-refractivity contribution is 5.58. The molecule has 0 bridgehead atoms. The van der Waals surface area contributed by atoms with E-state index in [0.29, 0.717) is 11.9 Å². The van der Waals surface area contributed by atoms with E-state index in [-0.39, 0.29) is 0 Å². The van der Waals surface area contributed by atoms with E-state index in [0.717, 1.165) is 18.1 Å². The number of nitrogens with one attached hydrogen (secondary N) is 2. The molecule has 19 heavy (non-hydrogen) atoms. The summed E-state index contributed by atoms with van der Waals surface area (Å²) in [5, 5.41) is 6.53. The molecule has 0 saturated carbocycles. The Morgan fingerprint density at radius 1 is 1.16 bits per heavy atom. The van der Waals surface area contributed by atoms with E-state index in [2.05, 4.69) is 47.4 Å². The maximum atomic E-state index is 4.45. The third-order valence-corrected chi connectivity index (χ3v) is 2.74. The minimum Gasteiger partial charge on any atom is -0.370 e. The fraction of sp³-hybridized carbons (Fsp3) is 0.333. The van der Waals surface area contributed by atoms with E-state index in [9.17, 15) is 0 Å². The number of rotatable bonds is 5. The monoisotopic (exact) mass is 256 g/mol. The van der Waals surface area contributed by atoms with E-state index in [4.69, 9.17) is 0 Å². The molecule has 0 atom stereocenters. The van der Waals surface area contributed by atoms with Crippen molar-refractivity contribution >= 4 is 17.5 Å². The number of nitrogens with zero attached hydrogens (tertiary/aromatic N) is 2. The predicted molar refractivity (Wildman–Crippen MR) is 79.8 cm³/mol. The van der Waals surface area contributed by atoms with Crippen LogP contribution < -0.4 is 10.6 Å². The molecule has 2 aromatic rings. The first-order chi connectivity index (χ1) is 9.15. The minimum absolute atomic E-state index is 0.586. The molecular weight excluding hydrogens is 236 g/mol. The van der Waals surface area contributed by atoms with Gasteiger partial charge in [0.15, 0.2) is 0 Å². The van der Waals surface area contributed by atoms with Gasteiger partial charge < -0.3 is 10.6 Å². The fourth-order valence-electron chi connectivity index (χ4n) is 1.66. The summed E-state index contributed by atoms with van der Waals surface area (Å²) in [5.41, 5.74) is 2.20. The fourth-order valence-corrected chi connectivity index (χ4v) is 1.66. The van der Waals surface area contributed by atoms with Crippen LogP contribution in [0.3, 0.4) is 0 Å². The zero-order valence-corrected chi connectivity index (χ0v) is 11.6. The molecule has 2 rings (SSSR count). The van der Waals surface area contributed by atoms with Crippen LogP contribution >= 0.6 is 0 Å². The second kappa shape index (κ2) is 6.18. The summed E-state index contributed by atoms with van der Waals surface area (Å²) in [7, 11) is 0. The first-order valence-corrected chi connectivity index (χ1v) is 6.54. The number of hydrogen-bond donors (Lipinski definition) is 2. The average Bonchev–Trinajstić information content (AvgIpc) is 2.40. The molecular formula is C15H20N4. The standard InChI is InChI=1S/C15H20N4/c1-11(2)10-17-14-8-9-16-15(19-14)18-13-7-5-4-6-12(13)3/h4-9,11H,10H2,1-3H3,(H2,16,17,18,19). The van der Waals surface area contributed by atoms with Crippen LogP contribution in [0.2, 0.25) is 0 Å². The van der Waals surface area contributed by atoms with Gasteiger partial charge in [-0.25, -0.2) is 4.98 Å². The zero-order chi connectivity index (χ0) is 13.7. The lowest BCUT2D eigenvalue weighted by Crippen LogP contribution is -2.10. The van der Waals surface area contributed by atoms with Crippen LogP contribution in [0.15, 0.2) is 36.5 Å². The summed E-state index contributed by atoms with van der Waals surface area (Å²) in [6, 6.07) is 9.97. The third-order valence-electron chi connectivity index (χ3n) is 2.74. The van der Waals surface area contributed by atoms with Crippen molar-refractivity contribution in [3.8, 4) is 0 Å². The number of aryl methyl sites for hydroxylation is 1. The van der Waals surface area contributed by atoms with Crippen LogP contribution in [0.25, 0.3) is 0 Å². The topological polar surface area (TPSA) is 49.8 Å². The molecule has 4 nitrogen and oxygen atoms in total. The van der Waals surface area contributed by atoms with E-state index < -0.39 is 0 Å². The van der Waals surface area contributed by atoms with Gasteiger partial charge in [-0.3, -0.25) is 0 Å². The Bertz CT molecular complexity index is 537. The zero-order valence-electron chi connectivity index (χ0n) is 11.6. The van der Waals surface area contributed by atoms with Crippen molar-refractivity contribution < 1.29 is 0 Å². The summed E-state index contributed by atoms with van der Waals surface area (Å²) < 4.78 is 0. The highest BCUT2D eigenvalue weighted by atomic mass is 15.1. The van der Waals surface area contributed by atoms with Gasteiger partial charge in [-0.1, -0.05) is 32.0 Å². The molecule has 100 valence electrons. The molecule has 1 aromatic heterocycles. The number of para-hydroxylation sites is 1. The molecule has 1 heterocycles. The van der Waals surface area contributed by atoms with Crippen molar-refractivity contribution in [1.29, 1.82) is 0 Å². The van der Waals surface area contributed by atoms with Crippen molar-refractivity contribution in [3.05, 3.63) is 42.1 Å². The van der Waals surface area contributed by atoms with Gasteiger partial charge in [0.25, 0.3) is 0 Å². The van der Waals surface area contributed by atoms with Crippen molar-refractivity contribution in [1.82, 2.24) is 9.97 Å². The van der Waals surface area contributed by atoms with Crippen LogP contribution in [0.4, 0.5) is 17.5 Å². The lowest BCUT2D eigenvalue weighted by Gasteiger charge is -2.11. The number of benzene rings is 1. The summed E-state index contributed by atoms with van der Waals surface area (Å²) in [5.74, 6) is 2.05. The average molecular weight is 256 g/mol. The van der Waals surface area contributed by atoms with Gasteiger partial charge in [0.1, 0.15) is 5.82 Å². The Hall–Kier alpha value is -2.10. The summed E-state index contributed by atoms with van der Waals surface area (Å²) in [4.78, 5) is 8.69. The van der Waals surface area contributed by atoms with Gasteiger partial charge in [0.05, 0.1) is 0 Å². The van der Waals surface area contributed by atoms with E-state index in [1.165, 1.54) is 5.56 Å². The van der Waals surface area contributed by atoms with Crippen molar-refractivity contribution in [2.24, 2.45) is 5.92 Å². The van der Waals surface area contributed by atoms with E-state index in [1.54, 1.807) is 6.20 Å². The number of anilines is 3. The molecule has 0 fully saturated rings. The molecule has 1 aromatic carbocycles. The molecule has 0 aliphatic carbocycles. The highest BCUT2D eigenvalue weighted by Gasteiger charge is 2.02. The lowest BCUT2D eigenvalue weighted by atomic mass is 10.2. The highest BCUT2D eigenvalue weighted by Crippen LogP contribution is 2.18. The SMILES string of the molecule is Cc1ccccc1Nc1nccc(NCC(C)C)n1. The molecule has 0 saturated heterocycles. The van der Waals surface area contributed by atoms with Gasteiger partial charge in [0, 0.05) is 18.4 Å². The van der Waals surface area contributed by atoms with Crippen molar-refractivity contribution in [3.63, 3.8) is 0 Å². The van der Waals surface area contributed by atoms with Gasteiger partial charge >= 0.3 is 0 Å². The van der Waals surface area contributed by atoms with Crippen LogP contribution in [-0.4, -0.2) is 16.5 Å². The molecule has 0 unspecified atom stereocenters. The Morgan fingerprint density at radius 2 is 1.95 bits per heavy atom. The molecule has 0 aliphatic rings. The molecule has 2 N–H and O–H groups in total. The normalized spacial score (nSPS) is 10.5. The molecule has 4 heteroatoms. The minimum atomic E-state index is 0.586.